The molecule has 4 N–H and O–H groups in total. The standard InChI is InChI=1S/C5H9NO.C3H5NO.2C3H6O/c1-3-4(2)5(6)7;1-2-3(4)5;2*1-3(2)4/h3H,1-2H3,(H2,6,7);2H,1H2,(H2,4,5);2*1-2H3. The summed E-state index contributed by atoms with van der Waals surface area (Å²) >= 11 is 0. The van der Waals surface area contributed by atoms with E-state index in [0.29, 0.717) is 5.57 Å². The van der Waals surface area contributed by atoms with Gasteiger partial charge in [0.2, 0.25) is 11.8 Å². The molecular formula is C14H26N2O4. The quantitative estimate of drug-likeness (QED) is 0.743. The van der Waals surface area contributed by atoms with Gasteiger partial charge in [-0.25, -0.2) is 0 Å². The summed E-state index contributed by atoms with van der Waals surface area (Å²) in [5.74, 6) is -0.493. The first-order valence-corrected chi connectivity index (χ1v) is 5.71. The van der Waals surface area contributed by atoms with Crippen molar-refractivity contribution in [3.8, 4) is 0 Å². The lowest BCUT2D eigenvalue weighted by atomic mass is 10.3. The van der Waals surface area contributed by atoms with E-state index < -0.39 is 5.91 Å². The fraction of sp³-hybridized carbons (Fsp3) is 0.429. The summed E-state index contributed by atoms with van der Waals surface area (Å²) in [5.41, 5.74) is 9.99. The normalized spacial score (nSPS) is 8.20. The Kier molecular flexibility index (Phi) is 25.2. The summed E-state index contributed by atoms with van der Waals surface area (Å²) in [6.45, 7) is 12.7. The zero-order chi connectivity index (χ0) is 17.3. The van der Waals surface area contributed by atoms with Crippen molar-refractivity contribution in [2.45, 2.75) is 41.5 Å². The van der Waals surface area contributed by atoms with Crippen LogP contribution in [-0.2, 0) is 19.2 Å². The highest BCUT2D eigenvalue weighted by Gasteiger charge is 1.90. The highest BCUT2D eigenvalue weighted by molar-refractivity contribution is 5.91. The maximum atomic E-state index is 10.1. The molecular weight excluding hydrogens is 260 g/mol. The zero-order valence-corrected chi connectivity index (χ0v) is 13.1. The molecule has 0 aliphatic carbocycles. The minimum absolute atomic E-state index is 0.167. The van der Waals surface area contributed by atoms with Gasteiger partial charge in [-0.1, -0.05) is 12.7 Å². The van der Waals surface area contributed by atoms with Crippen LogP contribution in [0.5, 0.6) is 0 Å². The molecule has 6 nitrogen and oxygen atoms in total. The van der Waals surface area contributed by atoms with E-state index in [2.05, 4.69) is 12.3 Å². The van der Waals surface area contributed by atoms with E-state index in [0.717, 1.165) is 6.08 Å². The Morgan fingerprint density at radius 2 is 1.05 bits per heavy atom. The van der Waals surface area contributed by atoms with Gasteiger partial charge < -0.3 is 21.1 Å². The number of hydrogen-bond acceptors (Lipinski definition) is 4. The van der Waals surface area contributed by atoms with Crippen LogP contribution < -0.4 is 11.5 Å². The summed E-state index contributed by atoms with van der Waals surface area (Å²) in [6.07, 6.45) is 2.74. The smallest absolute Gasteiger partial charge is 0.243 e. The summed E-state index contributed by atoms with van der Waals surface area (Å²) in [5, 5.41) is 0. The van der Waals surface area contributed by atoms with Crippen LogP contribution in [-0.4, -0.2) is 23.4 Å². The van der Waals surface area contributed by atoms with Crippen LogP contribution >= 0.6 is 0 Å². The molecule has 0 aliphatic heterocycles. The highest BCUT2D eigenvalue weighted by atomic mass is 16.1. The number of primary amides is 2. The van der Waals surface area contributed by atoms with Crippen LogP contribution in [0.2, 0.25) is 0 Å². The highest BCUT2D eigenvalue weighted by Crippen LogP contribution is 1.85. The number of Topliss-reactive ketones (excluding diaryl/α,β-unsaturated/α-hetero) is 2. The van der Waals surface area contributed by atoms with Crippen molar-refractivity contribution in [2.75, 3.05) is 0 Å². The number of hydrogen-bond donors (Lipinski definition) is 2. The van der Waals surface area contributed by atoms with Gasteiger partial charge in [0.1, 0.15) is 11.6 Å². The fourth-order valence-electron chi connectivity index (χ4n) is 0.142. The number of rotatable bonds is 2. The van der Waals surface area contributed by atoms with Crippen LogP contribution in [0.1, 0.15) is 41.5 Å². The van der Waals surface area contributed by atoms with E-state index in [-0.39, 0.29) is 17.5 Å². The topological polar surface area (TPSA) is 120 Å². The van der Waals surface area contributed by atoms with E-state index in [1.165, 1.54) is 27.7 Å². The summed E-state index contributed by atoms with van der Waals surface area (Å²) in [4.78, 5) is 38.4. The molecule has 0 bridgehead atoms. The predicted molar refractivity (Wildman–Crippen MR) is 80.7 cm³/mol. The molecule has 0 rings (SSSR count). The largest absolute Gasteiger partial charge is 0.366 e. The number of nitrogens with two attached hydrogens (primary N) is 2. The van der Waals surface area contributed by atoms with Crippen LogP contribution in [0.15, 0.2) is 24.3 Å². The minimum Gasteiger partial charge on any atom is -0.366 e. The second-order valence-corrected chi connectivity index (χ2v) is 3.76. The van der Waals surface area contributed by atoms with Gasteiger partial charge >= 0.3 is 0 Å². The fourth-order valence-corrected chi connectivity index (χ4v) is 0.142. The van der Waals surface area contributed by atoms with Gasteiger partial charge in [-0.05, 0) is 47.6 Å². The van der Waals surface area contributed by atoms with Crippen molar-refractivity contribution in [1.82, 2.24) is 0 Å². The lowest BCUT2D eigenvalue weighted by Gasteiger charge is -1.85. The first-order valence-electron chi connectivity index (χ1n) is 5.71. The molecule has 0 saturated heterocycles. The molecule has 0 heterocycles. The SMILES string of the molecule is C=CC(N)=O.CC(C)=O.CC(C)=O.CC=C(C)C(N)=O. The van der Waals surface area contributed by atoms with Crippen molar-refractivity contribution in [3.05, 3.63) is 24.3 Å². The number of carbonyl (C=O) groups is 4. The number of ketones is 2. The van der Waals surface area contributed by atoms with Crippen molar-refractivity contribution in [1.29, 1.82) is 0 Å². The summed E-state index contributed by atoms with van der Waals surface area (Å²) in [7, 11) is 0. The first kappa shape index (κ1) is 26.3. The Hall–Kier alpha value is -2.24. The molecule has 20 heavy (non-hydrogen) atoms. The lowest BCUT2D eigenvalue weighted by molar-refractivity contribution is -0.115. The van der Waals surface area contributed by atoms with Crippen LogP contribution in [0.3, 0.4) is 0 Å². The van der Waals surface area contributed by atoms with Gasteiger partial charge in [-0.2, -0.15) is 0 Å². The van der Waals surface area contributed by atoms with Gasteiger partial charge in [0, 0.05) is 5.57 Å². The average Bonchev–Trinajstić information content (AvgIpc) is 2.27. The molecule has 0 radical (unpaired) electrons. The first-order chi connectivity index (χ1) is 8.91. The summed E-state index contributed by atoms with van der Waals surface area (Å²) in [6, 6.07) is 0. The van der Waals surface area contributed by atoms with Gasteiger partial charge in [-0.15, -0.1) is 0 Å². The number of amides is 2. The number of allylic oxidation sites excluding steroid dienone is 1. The van der Waals surface area contributed by atoms with Crippen LogP contribution in [0.25, 0.3) is 0 Å². The molecule has 116 valence electrons. The third kappa shape index (κ3) is 103. The third-order valence-electron chi connectivity index (χ3n) is 1.02. The predicted octanol–water partition coefficient (Wildman–Crippen LogP) is 1.29. The van der Waals surface area contributed by atoms with Gasteiger partial charge in [0.05, 0.1) is 0 Å². The average molecular weight is 286 g/mol. The van der Waals surface area contributed by atoms with Crippen LogP contribution in [0, 0.1) is 0 Å². The number of carbonyl (C=O) groups excluding carboxylic acids is 4. The molecule has 0 spiro atoms. The van der Waals surface area contributed by atoms with Gasteiger partial charge in [0.25, 0.3) is 0 Å². The van der Waals surface area contributed by atoms with E-state index >= 15 is 0 Å². The minimum atomic E-state index is -0.481. The maximum absolute atomic E-state index is 10.1. The Morgan fingerprint density at radius 3 is 1.05 bits per heavy atom. The monoisotopic (exact) mass is 286 g/mol. The third-order valence-corrected chi connectivity index (χ3v) is 1.02. The molecule has 0 aliphatic rings. The molecule has 0 atom stereocenters. The van der Waals surface area contributed by atoms with E-state index in [1.54, 1.807) is 19.9 Å². The second-order valence-electron chi connectivity index (χ2n) is 3.76. The van der Waals surface area contributed by atoms with Crippen molar-refractivity contribution in [3.63, 3.8) is 0 Å². The van der Waals surface area contributed by atoms with Crippen molar-refractivity contribution in [2.24, 2.45) is 11.5 Å². The second kappa shape index (κ2) is 19.1. The Morgan fingerprint density at radius 1 is 0.850 bits per heavy atom. The molecule has 6 heteroatoms. The van der Waals surface area contributed by atoms with E-state index in [1.807, 2.05) is 0 Å². The maximum Gasteiger partial charge on any atom is 0.243 e. The Labute approximate surface area is 120 Å². The molecule has 2 amide bonds. The Balaban J connectivity index is -0.0000000883. The summed E-state index contributed by atoms with van der Waals surface area (Å²) < 4.78 is 0. The van der Waals surface area contributed by atoms with Crippen LogP contribution in [0.4, 0.5) is 0 Å². The molecule has 0 unspecified atom stereocenters. The Bertz CT molecular complexity index is 338. The zero-order valence-electron chi connectivity index (χ0n) is 13.1. The van der Waals surface area contributed by atoms with Crippen molar-refractivity contribution < 1.29 is 19.2 Å². The van der Waals surface area contributed by atoms with E-state index in [4.69, 9.17) is 5.73 Å². The molecule has 0 aromatic rings. The molecule has 0 fully saturated rings. The molecule has 0 saturated carbocycles. The van der Waals surface area contributed by atoms with Crippen molar-refractivity contribution >= 4 is 23.4 Å². The molecule has 0 aromatic heterocycles. The van der Waals surface area contributed by atoms with Gasteiger partial charge in [-0.3, -0.25) is 9.59 Å². The molecule has 0 aromatic carbocycles. The van der Waals surface area contributed by atoms with Gasteiger partial charge in [0.15, 0.2) is 0 Å². The lowest BCUT2D eigenvalue weighted by Crippen LogP contribution is -2.10. The van der Waals surface area contributed by atoms with E-state index in [9.17, 15) is 19.2 Å².